The smallest absolute Gasteiger partial charge is 0 e. The van der Waals surface area contributed by atoms with Gasteiger partial charge in [-0.1, -0.05) is 19.3 Å². The van der Waals surface area contributed by atoms with Crippen molar-refractivity contribution in [1.82, 2.24) is 0 Å². The van der Waals surface area contributed by atoms with Crippen LogP contribution in [0.4, 0.5) is 0 Å². The predicted octanol–water partition coefficient (Wildman–Crippen LogP) is 4.29. The van der Waals surface area contributed by atoms with Crippen molar-refractivity contribution >= 4 is 12.6 Å². The zero-order chi connectivity index (χ0) is 12.2. The Balaban J connectivity index is 0.000000405. The minimum absolute atomic E-state index is 0. The van der Waals surface area contributed by atoms with E-state index in [1.165, 1.54) is 38.0 Å². The quantitative estimate of drug-likeness (QED) is 0.422. The molecule has 100 valence electrons. The van der Waals surface area contributed by atoms with Crippen molar-refractivity contribution in [3.63, 3.8) is 0 Å². The molecule has 2 rings (SSSR count). The molecule has 0 nitrogen and oxygen atoms in total. The largest absolute Gasteiger partial charge is 0.179 e. The Morgan fingerprint density at radius 3 is 1.67 bits per heavy atom. The molecule has 0 bridgehead atoms. The van der Waals surface area contributed by atoms with E-state index in [1.54, 1.807) is 0 Å². The van der Waals surface area contributed by atoms with Crippen LogP contribution < -0.4 is 0 Å². The molecule has 0 N–H and O–H groups in total. The Bertz CT molecular complexity index is 144. The van der Waals surface area contributed by atoms with Crippen LogP contribution in [0.1, 0.15) is 32.1 Å². The minimum atomic E-state index is 0. The minimum Gasteiger partial charge on any atom is -0.179 e. The Hall–Kier alpha value is 0.869. The first-order chi connectivity index (χ1) is 8.43. The first kappa shape index (κ1) is 18.9. The van der Waals surface area contributed by atoms with Gasteiger partial charge < -0.3 is 0 Å². The molecule has 2 saturated carbocycles. The molecule has 0 aliphatic heterocycles. The molecule has 18 heavy (non-hydrogen) atoms. The van der Waals surface area contributed by atoms with E-state index in [0.717, 1.165) is 5.75 Å². The van der Waals surface area contributed by atoms with E-state index < -0.39 is 0 Å². The Kier molecular flexibility index (Phi) is 15.0. The van der Waals surface area contributed by atoms with Crippen LogP contribution in [-0.2, 0) is 17.1 Å². The molecule has 0 atom stereocenters. The number of rotatable bonds is 6. The first-order valence-corrected chi connectivity index (χ1v) is 7.05. The summed E-state index contributed by atoms with van der Waals surface area (Å²) < 4.78 is 0. The summed E-state index contributed by atoms with van der Waals surface area (Å²) in [7, 11) is 0. The van der Waals surface area contributed by atoms with Crippen molar-refractivity contribution in [2.75, 3.05) is 5.75 Å². The summed E-state index contributed by atoms with van der Waals surface area (Å²) in [5, 5.41) is 0. The van der Waals surface area contributed by atoms with Crippen LogP contribution in [-0.4, -0.2) is 5.75 Å². The second kappa shape index (κ2) is 14.3. The molecule has 2 aliphatic carbocycles. The average Bonchev–Trinajstić information content (AvgIpc) is 3.05. The van der Waals surface area contributed by atoms with Crippen LogP contribution in [0.3, 0.4) is 0 Å². The third-order valence-corrected chi connectivity index (χ3v) is 2.98. The van der Waals surface area contributed by atoms with Crippen molar-refractivity contribution in [2.24, 2.45) is 0 Å². The van der Waals surface area contributed by atoms with Crippen molar-refractivity contribution in [2.45, 2.75) is 32.1 Å². The van der Waals surface area contributed by atoms with Crippen molar-refractivity contribution in [3.8, 4) is 0 Å². The molecule has 0 aromatic carbocycles. The van der Waals surface area contributed by atoms with Crippen LogP contribution in [0.15, 0.2) is 0 Å². The maximum Gasteiger partial charge on any atom is 0 e. The maximum atomic E-state index is 4.18. The number of hydrogen-bond acceptors (Lipinski definition) is 1. The topological polar surface area (TPSA) is 0 Å². The molecule has 0 aromatic rings. The Labute approximate surface area is 131 Å². The zero-order valence-electron chi connectivity index (χ0n) is 10.7. The van der Waals surface area contributed by atoms with E-state index in [9.17, 15) is 0 Å². The number of unbranched alkanes of at least 4 members (excludes halogenated alkanes) is 3. The van der Waals surface area contributed by atoms with Gasteiger partial charge in [0.15, 0.2) is 0 Å². The van der Waals surface area contributed by atoms with Crippen LogP contribution in [0.2, 0.25) is 0 Å². The molecule has 2 heteroatoms. The summed E-state index contributed by atoms with van der Waals surface area (Å²) in [6.45, 7) is 0. The fraction of sp³-hybridized carbons (Fsp3) is 0.375. The van der Waals surface area contributed by atoms with Gasteiger partial charge in [0, 0.05) is 17.1 Å². The van der Waals surface area contributed by atoms with Gasteiger partial charge in [-0.3, -0.25) is 0 Å². The van der Waals surface area contributed by atoms with Gasteiger partial charge >= 0.3 is 0 Å². The standard InChI is InChI=1S/C11H17S.C5H5.Fe/c12-10-6-2-1-3-7-11-8-4-5-9-11;1-2-4-5-3-1;/h4-5,8-9,12H,1-3,6-7,10H2;1-5H;. The first-order valence-electron chi connectivity index (χ1n) is 6.41. The Morgan fingerprint density at radius 2 is 1.17 bits per heavy atom. The van der Waals surface area contributed by atoms with Crippen molar-refractivity contribution < 1.29 is 17.1 Å². The number of hydrogen-bond donors (Lipinski definition) is 1. The molecule has 0 amide bonds. The third-order valence-electron chi connectivity index (χ3n) is 2.66. The summed E-state index contributed by atoms with van der Waals surface area (Å²) in [4.78, 5) is 0. The van der Waals surface area contributed by atoms with Gasteiger partial charge in [0.25, 0.3) is 0 Å². The average molecular weight is 302 g/mol. The second-order valence-electron chi connectivity index (χ2n) is 4.14. The van der Waals surface area contributed by atoms with E-state index in [2.05, 4.69) is 38.3 Å². The van der Waals surface area contributed by atoms with E-state index in [4.69, 9.17) is 0 Å². The number of thiol groups is 1. The Morgan fingerprint density at radius 1 is 0.667 bits per heavy atom. The van der Waals surface area contributed by atoms with Gasteiger partial charge in [0.2, 0.25) is 0 Å². The molecule has 0 spiro atoms. The molecule has 0 unspecified atom stereocenters. The van der Waals surface area contributed by atoms with Gasteiger partial charge in [-0.25, -0.2) is 0 Å². The van der Waals surface area contributed by atoms with Gasteiger partial charge in [-0.2, -0.15) is 12.6 Å². The summed E-state index contributed by atoms with van der Waals surface area (Å²) in [6.07, 6.45) is 25.2. The molecular formula is C16H22FeS. The monoisotopic (exact) mass is 302 g/mol. The van der Waals surface area contributed by atoms with Crippen LogP contribution in [0.5, 0.6) is 0 Å². The molecule has 0 saturated heterocycles. The predicted molar refractivity (Wildman–Crippen MR) is 78.9 cm³/mol. The molecule has 2 aliphatic rings. The van der Waals surface area contributed by atoms with Crippen molar-refractivity contribution in [1.29, 1.82) is 0 Å². The van der Waals surface area contributed by atoms with Gasteiger partial charge in [-0.05, 0) is 82.3 Å². The fourth-order valence-electron chi connectivity index (χ4n) is 1.70. The zero-order valence-corrected chi connectivity index (χ0v) is 12.7. The summed E-state index contributed by atoms with van der Waals surface area (Å²) >= 11 is 4.18. The third kappa shape index (κ3) is 10.8. The molecular weight excluding hydrogens is 280 g/mol. The van der Waals surface area contributed by atoms with Crippen LogP contribution in [0.25, 0.3) is 0 Å². The molecule has 10 radical (unpaired) electrons. The van der Waals surface area contributed by atoms with E-state index in [-0.39, 0.29) is 17.1 Å². The fourth-order valence-corrected chi connectivity index (χ4v) is 1.92. The van der Waals surface area contributed by atoms with Gasteiger partial charge in [-0.15, -0.1) is 0 Å². The van der Waals surface area contributed by atoms with Crippen LogP contribution >= 0.6 is 12.6 Å². The molecule has 0 heterocycles. The summed E-state index contributed by atoms with van der Waals surface area (Å²) in [5.74, 6) is 2.52. The van der Waals surface area contributed by atoms with E-state index in [1.807, 2.05) is 32.1 Å². The van der Waals surface area contributed by atoms with Crippen LogP contribution in [0, 0.1) is 63.7 Å². The van der Waals surface area contributed by atoms with Crippen molar-refractivity contribution in [3.05, 3.63) is 63.7 Å². The molecule has 0 aromatic heterocycles. The van der Waals surface area contributed by atoms with E-state index >= 15 is 0 Å². The van der Waals surface area contributed by atoms with E-state index in [0.29, 0.717) is 0 Å². The molecule has 2 fully saturated rings. The van der Waals surface area contributed by atoms with Gasteiger partial charge in [0.1, 0.15) is 0 Å². The SMILES string of the molecule is SCCCCCC[C]1[CH][CH][CH][CH]1.[CH]1[CH][CH][CH][CH]1.[Fe]. The summed E-state index contributed by atoms with van der Waals surface area (Å²) in [5.41, 5.74) is 0. The second-order valence-corrected chi connectivity index (χ2v) is 4.59. The summed E-state index contributed by atoms with van der Waals surface area (Å²) in [6, 6.07) is 0. The maximum absolute atomic E-state index is 4.18. The normalized spacial score (nSPS) is 19.2. The van der Waals surface area contributed by atoms with Gasteiger partial charge in [0.05, 0.1) is 0 Å².